The van der Waals surface area contributed by atoms with Crippen molar-refractivity contribution in [2.75, 3.05) is 0 Å². The van der Waals surface area contributed by atoms with Crippen molar-refractivity contribution in [3.8, 4) is 0 Å². The molecule has 12 heavy (non-hydrogen) atoms. The molecule has 2 aliphatic carbocycles. The van der Waals surface area contributed by atoms with Crippen LogP contribution in [0.25, 0.3) is 0 Å². The monoisotopic (exact) mass is 169 g/mol. The molecule has 0 spiro atoms. The zero-order valence-electron chi connectivity index (χ0n) is 7.79. The van der Waals surface area contributed by atoms with E-state index >= 15 is 0 Å². The summed E-state index contributed by atoms with van der Waals surface area (Å²) in [5, 5.41) is 13.2. The molecule has 0 amide bonds. The summed E-state index contributed by atoms with van der Waals surface area (Å²) < 4.78 is 0. The van der Waals surface area contributed by atoms with Gasteiger partial charge in [-0.05, 0) is 25.2 Å². The fourth-order valence-electron chi connectivity index (χ4n) is 2.13. The third kappa shape index (κ3) is 1.80. The average molecular weight is 169 g/mol. The second-order valence-corrected chi connectivity index (χ2v) is 4.44. The summed E-state index contributed by atoms with van der Waals surface area (Å²) in [6.07, 6.45) is 5.90. The van der Waals surface area contributed by atoms with Crippen molar-refractivity contribution >= 4 is 0 Å². The predicted octanol–water partition coefficient (Wildman–Crippen LogP) is 1.29. The fraction of sp³-hybridized carbons (Fsp3) is 1.00. The zero-order chi connectivity index (χ0) is 8.55. The van der Waals surface area contributed by atoms with Crippen molar-refractivity contribution in [1.29, 1.82) is 0 Å². The Bertz CT molecular complexity index is 160. The van der Waals surface area contributed by atoms with Crippen LogP contribution in [0.2, 0.25) is 0 Å². The lowest BCUT2D eigenvalue weighted by atomic mass is 9.92. The highest BCUT2D eigenvalue weighted by Crippen LogP contribution is 2.31. The largest absolute Gasteiger partial charge is 0.392 e. The van der Waals surface area contributed by atoms with E-state index in [4.69, 9.17) is 0 Å². The maximum absolute atomic E-state index is 9.67. The van der Waals surface area contributed by atoms with E-state index in [0.717, 1.165) is 12.3 Å². The van der Waals surface area contributed by atoms with E-state index in [9.17, 15) is 5.11 Å². The molecular weight excluding hydrogens is 150 g/mol. The number of rotatable bonds is 2. The van der Waals surface area contributed by atoms with Gasteiger partial charge < -0.3 is 10.4 Å². The number of aliphatic hydroxyl groups excluding tert-OH is 1. The Kier molecular flexibility index (Phi) is 2.37. The van der Waals surface area contributed by atoms with E-state index in [2.05, 4.69) is 12.2 Å². The van der Waals surface area contributed by atoms with Crippen LogP contribution in [-0.2, 0) is 0 Å². The predicted molar refractivity (Wildman–Crippen MR) is 49.0 cm³/mol. The van der Waals surface area contributed by atoms with Crippen LogP contribution in [0, 0.1) is 5.92 Å². The molecule has 4 atom stereocenters. The fourth-order valence-corrected chi connectivity index (χ4v) is 2.13. The van der Waals surface area contributed by atoms with Crippen LogP contribution in [0.1, 0.15) is 39.0 Å². The Hall–Kier alpha value is -0.0800. The number of hydrogen-bond donors (Lipinski definition) is 2. The van der Waals surface area contributed by atoms with Gasteiger partial charge >= 0.3 is 0 Å². The van der Waals surface area contributed by atoms with Gasteiger partial charge in [-0.1, -0.05) is 19.8 Å². The highest BCUT2D eigenvalue weighted by Gasteiger charge is 2.36. The average Bonchev–Trinajstić information content (AvgIpc) is 2.72. The molecule has 2 saturated carbocycles. The van der Waals surface area contributed by atoms with Gasteiger partial charge in [0.05, 0.1) is 6.10 Å². The second kappa shape index (κ2) is 3.35. The van der Waals surface area contributed by atoms with E-state index in [-0.39, 0.29) is 6.10 Å². The van der Waals surface area contributed by atoms with Crippen molar-refractivity contribution in [3.05, 3.63) is 0 Å². The van der Waals surface area contributed by atoms with Crippen LogP contribution in [0.4, 0.5) is 0 Å². The maximum Gasteiger partial charge on any atom is 0.0693 e. The molecule has 70 valence electrons. The van der Waals surface area contributed by atoms with Crippen molar-refractivity contribution in [1.82, 2.24) is 5.32 Å². The lowest BCUT2D eigenvalue weighted by molar-refractivity contribution is 0.0895. The van der Waals surface area contributed by atoms with Crippen molar-refractivity contribution in [2.24, 2.45) is 5.92 Å². The first kappa shape index (κ1) is 8.52. The van der Waals surface area contributed by atoms with E-state index in [0.29, 0.717) is 12.1 Å². The molecule has 2 N–H and O–H groups in total. The van der Waals surface area contributed by atoms with Gasteiger partial charge in [-0.25, -0.2) is 0 Å². The van der Waals surface area contributed by atoms with Gasteiger partial charge in [-0.15, -0.1) is 0 Å². The second-order valence-electron chi connectivity index (χ2n) is 4.44. The van der Waals surface area contributed by atoms with E-state index in [1.165, 1.54) is 25.7 Å². The minimum absolute atomic E-state index is 0.0773. The van der Waals surface area contributed by atoms with Crippen LogP contribution in [0.3, 0.4) is 0 Å². The third-order valence-electron chi connectivity index (χ3n) is 3.27. The minimum Gasteiger partial charge on any atom is -0.392 e. The Morgan fingerprint density at radius 1 is 1.17 bits per heavy atom. The maximum atomic E-state index is 9.67. The normalized spacial score (nSPS) is 47.5. The summed E-state index contributed by atoms with van der Waals surface area (Å²) in [4.78, 5) is 0. The Morgan fingerprint density at radius 3 is 2.42 bits per heavy atom. The molecule has 0 aromatic carbocycles. The van der Waals surface area contributed by atoms with Crippen LogP contribution in [0.15, 0.2) is 0 Å². The van der Waals surface area contributed by atoms with Gasteiger partial charge in [0.1, 0.15) is 0 Å². The SMILES string of the molecule is CC1CC1N[C@@H]1CCCC[C@H]1O. The quantitative estimate of drug-likeness (QED) is 0.653. The molecule has 2 aliphatic rings. The molecule has 0 saturated heterocycles. The molecular formula is C10H19NO. The Labute approximate surface area is 74.4 Å². The summed E-state index contributed by atoms with van der Waals surface area (Å²) in [7, 11) is 0. The molecule has 0 aliphatic heterocycles. The molecule has 0 radical (unpaired) electrons. The highest BCUT2D eigenvalue weighted by atomic mass is 16.3. The van der Waals surface area contributed by atoms with Crippen molar-refractivity contribution in [2.45, 2.75) is 57.2 Å². The summed E-state index contributed by atoms with van der Waals surface area (Å²) in [6.45, 7) is 2.27. The standard InChI is InChI=1S/C10H19NO/c1-7-6-9(7)11-8-4-2-3-5-10(8)12/h7-12H,2-6H2,1H3/t7?,8-,9?,10-/m1/s1. The molecule has 2 heteroatoms. The lowest BCUT2D eigenvalue weighted by Gasteiger charge is -2.28. The van der Waals surface area contributed by atoms with Gasteiger partial charge in [0.25, 0.3) is 0 Å². The van der Waals surface area contributed by atoms with E-state index in [1.807, 2.05) is 0 Å². The highest BCUT2D eigenvalue weighted by molar-refractivity contribution is 4.94. The van der Waals surface area contributed by atoms with Gasteiger partial charge in [-0.3, -0.25) is 0 Å². The minimum atomic E-state index is -0.0773. The van der Waals surface area contributed by atoms with E-state index in [1.54, 1.807) is 0 Å². The molecule has 0 heterocycles. The number of hydrogen-bond acceptors (Lipinski definition) is 2. The molecule has 0 aromatic heterocycles. The van der Waals surface area contributed by atoms with Crippen LogP contribution in [0.5, 0.6) is 0 Å². The number of nitrogens with one attached hydrogen (secondary N) is 1. The summed E-state index contributed by atoms with van der Waals surface area (Å²) >= 11 is 0. The summed E-state index contributed by atoms with van der Waals surface area (Å²) in [6, 6.07) is 1.11. The van der Waals surface area contributed by atoms with Crippen molar-refractivity contribution < 1.29 is 5.11 Å². The van der Waals surface area contributed by atoms with Crippen LogP contribution >= 0.6 is 0 Å². The van der Waals surface area contributed by atoms with Crippen molar-refractivity contribution in [3.63, 3.8) is 0 Å². The van der Waals surface area contributed by atoms with Gasteiger partial charge in [0.2, 0.25) is 0 Å². The zero-order valence-corrected chi connectivity index (χ0v) is 7.79. The first-order valence-electron chi connectivity index (χ1n) is 5.21. The molecule has 2 nitrogen and oxygen atoms in total. The lowest BCUT2D eigenvalue weighted by Crippen LogP contribution is -2.43. The Morgan fingerprint density at radius 2 is 1.83 bits per heavy atom. The first-order valence-corrected chi connectivity index (χ1v) is 5.21. The van der Waals surface area contributed by atoms with Gasteiger partial charge in [-0.2, -0.15) is 0 Å². The Balaban J connectivity index is 1.77. The van der Waals surface area contributed by atoms with Gasteiger partial charge in [0, 0.05) is 12.1 Å². The third-order valence-corrected chi connectivity index (χ3v) is 3.27. The van der Waals surface area contributed by atoms with Crippen LogP contribution < -0.4 is 5.32 Å². The summed E-state index contributed by atoms with van der Waals surface area (Å²) in [5.74, 6) is 0.846. The topological polar surface area (TPSA) is 32.3 Å². The molecule has 2 unspecified atom stereocenters. The molecule has 2 fully saturated rings. The first-order chi connectivity index (χ1) is 5.77. The molecule has 0 aromatic rings. The molecule has 0 bridgehead atoms. The van der Waals surface area contributed by atoms with Crippen LogP contribution in [-0.4, -0.2) is 23.3 Å². The summed E-state index contributed by atoms with van der Waals surface area (Å²) in [5.41, 5.74) is 0. The molecule has 2 rings (SSSR count). The van der Waals surface area contributed by atoms with E-state index < -0.39 is 0 Å². The smallest absolute Gasteiger partial charge is 0.0693 e. The number of aliphatic hydroxyl groups is 1. The van der Waals surface area contributed by atoms with Gasteiger partial charge in [0.15, 0.2) is 0 Å².